The van der Waals surface area contributed by atoms with Crippen LogP contribution in [0, 0.1) is 0 Å². The van der Waals surface area contributed by atoms with Crippen molar-refractivity contribution in [3.05, 3.63) is 76.9 Å². The number of ether oxygens (including phenoxy) is 1. The van der Waals surface area contributed by atoms with Crippen molar-refractivity contribution in [2.45, 2.75) is 0 Å². The summed E-state index contributed by atoms with van der Waals surface area (Å²) < 4.78 is 4.89. The van der Waals surface area contributed by atoms with Gasteiger partial charge in [-0.05, 0) is 6.07 Å². The maximum absolute atomic E-state index is 12.8. The zero-order valence-corrected chi connectivity index (χ0v) is 11.8. The number of rotatable bonds is 1. The summed E-state index contributed by atoms with van der Waals surface area (Å²) in [6.45, 7) is 0. The van der Waals surface area contributed by atoms with Crippen molar-refractivity contribution < 1.29 is 19.1 Å². The van der Waals surface area contributed by atoms with Crippen molar-refractivity contribution in [3.8, 4) is 0 Å². The molecule has 2 aliphatic rings. The third-order valence-electron chi connectivity index (χ3n) is 3.73. The summed E-state index contributed by atoms with van der Waals surface area (Å²) in [5, 5.41) is 0. The molecule has 2 aromatic rings. The minimum atomic E-state index is -0.513. The molecule has 0 N–H and O–H groups in total. The molecular weight excluding hydrogens is 294 g/mol. The summed E-state index contributed by atoms with van der Waals surface area (Å²) in [7, 11) is 0. The molecule has 0 aromatic heterocycles. The van der Waals surface area contributed by atoms with Crippen LogP contribution in [-0.2, 0) is 9.53 Å². The van der Waals surface area contributed by atoms with Gasteiger partial charge in [-0.1, -0.05) is 36.4 Å². The number of hydrogen-bond acceptors (Lipinski definition) is 5. The largest absolute Gasteiger partial charge is 0.404 e. The number of benzene rings is 2. The van der Waals surface area contributed by atoms with Gasteiger partial charge >= 0.3 is 5.97 Å². The number of esters is 1. The van der Waals surface area contributed by atoms with Gasteiger partial charge in [0.25, 0.3) is 0 Å². The fourth-order valence-electron chi connectivity index (χ4n) is 2.71. The second kappa shape index (κ2) is 4.84. The molecule has 0 spiro atoms. The lowest BCUT2D eigenvalue weighted by molar-refractivity contribution is -0.129. The predicted octanol–water partition coefficient (Wildman–Crippen LogP) is 2.61. The monoisotopic (exact) mass is 303 g/mol. The lowest BCUT2D eigenvalue weighted by Crippen LogP contribution is -2.20. The minimum Gasteiger partial charge on any atom is -0.404 e. The molecule has 2 aromatic carbocycles. The summed E-state index contributed by atoms with van der Waals surface area (Å²) >= 11 is 0. The number of ketones is 2. The van der Waals surface area contributed by atoms with Gasteiger partial charge in [0.2, 0.25) is 5.90 Å². The van der Waals surface area contributed by atoms with Crippen molar-refractivity contribution in [2.75, 3.05) is 0 Å². The highest BCUT2D eigenvalue weighted by molar-refractivity contribution is 6.30. The first-order valence-electron chi connectivity index (χ1n) is 6.95. The predicted molar refractivity (Wildman–Crippen MR) is 82.1 cm³/mol. The number of carbonyl (C=O) groups excluding carboxylic acids is 3. The molecule has 5 heteroatoms. The Morgan fingerprint density at radius 1 is 0.739 bits per heavy atom. The van der Waals surface area contributed by atoms with Crippen molar-refractivity contribution >= 4 is 29.1 Å². The van der Waals surface area contributed by atoms with Crippen molar-refractivity contribution in [3.63, 3.8) is 0 Å². The van der Waals surface area contributed by atoms with E-state index in [-0.39, 0.29) is 23.0 Å². The van der Waals surface area contributed by atoms with E-state index in [1.165, 1.54) is 12.2 Å². The van der Waals surface area contributed by atoms with Crippen molar-refractivity contribution in [1.29, 1.82) is 0 Å². The highest BCUT2D eigenvalue weighted by Crippen LogP contribution is 2.33. The van der Waals surface area contributed by atoms with Gasteiger partial charge in [0.15, 0.2) is 11.6 Å². The van der Waals surface area contributed by atoms with Crippen LogP contribution in [0.3, 0.4) is 0 Å². The number of hydrogen-bond donors (Lipinski definition) is 0. The first-order chi connectivity index (χ1) is 11.1. The Morgan fingerprint density at radius 2 is 1.43 bits per heavy atom. The van der Waals surface area contributed by atoms with Crippen LogP contribution in [0.15, 0.2) is 59.6 Å². The third-order valence-corrected chi connectivity index (χ3v) is 3.73. The molecule has 0 bridgehead atoms. The number of nitrogens with zero attached hydrogens (tertiary/aromatic N) is 1. The molecule has 5 nitrogen and oxygen atoms in total. The normalized spacial score (nSPS) is 17.2. The van der Waals surface area contributed by atoms with E-state index >= 15 is 0 Å². The second-order valence-electron chi connectivity index (χ2n) is 5.11. The quantitative estimate of drug-likeness (QED) is 0.648. The van der Waals surface area contributed by atoms with E-state index < -0.39 is 5.97 Å². The topological polar surface area (TPSA) is 72.8 Å². The second-order valence-corrected chi connectivity index (χ2v) is 5.11. The minimum absolute atomic E-state index is 0.0995. The fourth-order valence-corrected chi connectivity index (χ4v) is 2.71. The number of aliphatic imine (C=N–C) groups is 1. The molecule has 0 unspecified atom stereocenters. The smallest absolute Gasteiger partial charge is 0.337 e. The van der Waals surface area contributed by atoms with Gasteiger partial charge in [-0.2, -0.15) is 0 Å². The number of fused-ring (bicyclic) bond motifs is 2. The highest BCUT2D eigenvalue weighted by Gasteiger charge is 2.31. The summed E-state index contributed by atoms with van der Waals surface area (Å²) in [4.78, 5) is 40.7. The molecule has 0 fully saturated rings. The molecule has 4 rings (SSSR count). The van der Waals surface area contributed by atoms with Crippen LogP contribution in [0.5, 0.6) is 0 Å². The average molecular weight is 303 g/mol. The zero-order valence-electron chi connectivity index (χ0n) is 11.8. The molecule has 0 saturated heterocycles. The maximum atomic E-state index is 12.8. The van der Waals surface area contributed by atoms with Gasteiger partial charge in [-0.15, -0.1) is 0 Å². The Labute approximate surface area is 130 Å². The molecule has 0 amide bonds. The third kappa shape index (κ3) is 2.02. The van der Waals surface area contributed by atoms with Crippen molar-refractivity contribution in [2.24, 2.45) is 4.99 Å². The van der Waals surface area contributed by atoms with E-state index in [1.807, 2.05) is 0 Å². The Kier molecular flexibility index (Phi) is 2.81. The van der Waals surface area contributed by atoms with Gasteiger partial charge < -0.3 is 4.74 Å². The van der Waals surface area contributed by atoms with Gasteiger partial charge in [0, 0.05) is 28.8 Å². The zero-order chi connectivity index (χ0) is 16.0. The first-order valence-corrected chi connectivity index (χ1v) is 6.95. The molecule has 110 valence electrons. The molecule has 1 aliphatic heterocycles. The van der Waals surface area contributed by atoms with Crippen molar-refractivity contribution in [1.82, 2.24) is 0 Å². The SMILES string of the molecule is O=C1C=CC(=Nc2cccc3c2C(=O)c2ccccc2C3=O)O1. The van der Waals surface area contributed by atoms with Gasteiger partial charge in [-0.25, -0.2) is 9.79 Å². The van der Waals surface area contributed by atoms with Crippen LogP contribution >= 0.6 is 0 Å². The van der Waals surface area contributed by atoms with E-state index in [9.17, 15) is 14.4 Å². The lowest BCUT2D eigenvalue weighted by atomic mass is 9.83. The van der Waals surface area contributed by atoms with E-state index in [0.29, 0.717) is 22.4 Å². The summed E-state index contributed by atoms with van der Waals surface area (Å²) in [5.74, 6) is -0.886. The fraction of sp³-hybridized carbons (Fsp3) is 0. The average Bonchev–Trinajstić information content (AvgIpc) is 2.97. The van der Waals surface area contributed by atoms with Crippen LogP contribution in [0.25, 0.3) is 0 Å². The maximum Gasteiger partial charge on any atom is 0.337 e. The van der Waals surface area contributed by atoms with Crippen LogP contribution < -0.4 is 0 Å². The molecule has 0 saturated carbocycles. The van der Waals surface area contributed by atoms with Gasteiger partial charge in [-0.3, -0.25) is 9.59 Å². The molecule has 1 aliphatic carbocycles. The van der Waals surface area contributed by atoms with E-state index in [4.69, 9.17) is 4.74 Å². The Bertz CT molecular complexity index is 953. The summed E-state index contributed by atoms with van der Waals surface area (Å²) in [6, 6.07) is 11.6. The molecule has 0 radical (unpaired) electrons. The number of cyclic esters (lactones) is 1. The Hall–Kier alpha value is -3.34. The van der Waals surface area contributed by atoms with Gasteiger partial charge in [0.05, 0.1) is 11.3 Å². The van der Waals surface area contributed by atoms with Crippen LogP contribution in [0.1, 0.15) is 31.8 Å². The summed E-state index contributed by atoms with van der Waals surface area (Å²) in [6.07, 6.45) is 2.67. The standard InChI is InChI=1S/C18H9NO4/c20-15-9-8-14(23-15)19-13-7-3-6-12-16(13)18(22)11-5-2-1-4-10(11)17(12)21/h1-9H. The Morgan fingerprint density at radius 3 is 2.13 bits per heavy atom. The van der Waals surface area contributed by atoms with E-state index in [0.717, 1.165) is 0 Å². The van der Waals surface area contributed by atoms with E-state index in [1.54, 1.807) is 42.5 Å². The molecule has 0 atom stereocenters. The van der Waals surface area contributed by atoms with Crippen LogP contribution in [-0.4, -0.2) is 23.4 Å². The number of carbonyl (C=O) groups is 3. The van der Waals surface area contributed by atoms with Gasteiger partial charge in [0.1, 0.15) is 0 Å². The van der Waals surface area contributed by atoms with Crippen LogP contribution in [0.2, 0.25) is 0 Å². The molecule has 1 heterocycles. The molecule has 23 heavy (non-hydrogen) atoms. The molecular formula is C18H9NO4. The van der Waals surface area contributed by atoms with E-state index in [2.05, 4.69) is 4.99 Å². The Balaban J connectivity index is 1.91. The summed E-state index contributed by atoms with van der Waals surface area (Å²) in [5.41, 5.74) is 1.60. The first kappa shape index (κ1) is 13.3. The van der Waals surface area contributed by atoms with Crippen LogP contribution in [0.4, 0.5) is 5.69 Å². The lowest BCUT2D eigenvalue weighted by Gasteiger charge is -2.18. The highest BCUT2D eigenvalue weighted by atomic mass is 16.5.